The van der Waals surface area contributed by atoms with Gasteiger partial charge in [0.2, 0.25) is 10.0 Å². The summed E-state index contributed by atoms with van der Waals surface area (Å²) in [5.74, 6) is 0.303. The van der Waals surface area contributed by atoms with E-state index in [4.69, 9.17) is 21.3 Å². The number of benzene rings is 2. The average Bonchev–Trinajstić information content (AvgIpc) is 3.52. The number of rotatable bonds is 6. The van der Waals surface area contributed by atoms with Crippen LogP contribution in [0.25, 0.3) is 10.2 Å². The number of fused-ring (bicyclic) bond motifs is 1. The van der Waals surface area contributed by atoms with E-state index in [1.54, 1.807) is 21.3 Å². The molecule has 0 bridgehead atoms. The van der Waals surface area contributed by atoms with Crippen molar-refractivity contribution in [3.63, 3.8) is 0 Å². The normalized spacial score (nSPS) is 19.7. The van der Waals surface area contributed by atoms with Crippen LogP contribution in [0, 0.1) is 12.8 Å². The summed E-state index contributed by atoms with van der Waals surface area (Å²) in [6.07, 6.45) is 3.50. The van der Waals surface area contributed by atoms with Crippen molar-refractivity contribution in [3.05, 3.63) is 52.5 Å². The molecule has 0 N–H and O–H groups in total. The molecule has 3 aromatic rings. The molecule has 3 heterocycles. The molecule has 10 heteroatoms. The Morgan fingerprint density at radius 3 is 2.58 bits per heavy atom. The van der Waals surface area contributed by atoms with Gasteiger partial charge in [0.1, 0.15) is 0 Å². The Morgan fingerprint density at radius 2 is 1.92 bits per heavy atom. The molecular formula is C26H30ClN3O4S2. The lowest BCUT2D eigenvalue weighted by Crippen LogP contribution is -2.38. The highest BCUT2D eigenvalue weighted by atomic mass is 35.5. The summed E-state index contributed by atoms with van der Waals surface area (Å²) in [6.45, 7) is 6.22. The monoisotopic (exact) mass is 547 g/mol. The third-order valence-electron chi connectivity index (χ3n) is 7.01. The Bertz CT molecular complexity index is 1360. The van der Waals surface area contributed by atoms with E-state index in [0.29, 0.717) is 47.9 Å². The summed E-state index contributed by atoms with van der Waals surface area (Å²) in [6, 6.07) is 9.99. The number of nitrogens with zero attached hydrogens (tertiary/aromatic N) is 3. The van der Waals surface area contributed by atoms with Gasteiger partial charge < -0.3 is 4.74 Å². The number of anilines is 1. The fraction of sp³-hybridized carbons (Fsp3) is 0.462. The Balaban J connectivity index is 1.43. The average molecular weight is 548 g/mol. The van der Waals surface area contributed by atoms with Crippen molar-refractivity contribution < 1.29 is 17.9 Å². The lowest BCUT2D eigenvalue weighted by atomic mass is 10.0. The Labute approximate surface area is 221 Å². The standard InChI is InChI=1S/C26H30ClN3O4S2/c1-17-9-11-29(12-10-17)36(32,33)22-7-5-19(6-8-22)25(31)30(16-21-4-3-13-34-21)26-28-24-18(2)14-20(27)15-23(24)35-26/h5-8,14-15,17,21H,3-4,9-13,16H2,1-2H3. The summed E-state index contributed by atoms with van der Waals surface area (Å²) in [4.78, 5) is 20.4. The second-order valence-electron chi connectivity index (χ2n) is 9.73. The lowest BCUT2D eigenvalue weighted by Gasteiger charge is -2.29. The Morgan fingerprint density at radius 1 is 1.19 bits per heavy atom. The Kier molecular flexibility index (Phi) is 7.38. The van der Waals surface area contributed by atoms with Crippen LogP contribution in [-0.2, 0) is 14.8 Å². The van der Waals surface area contributed by atoms with E-state index in [9.17, 15) is 13.2 Å². The van der Waals surface area contributed by atoms with E-state index in [1.807, 2.05) is 19.1 Å². The zero-order chi connectivity index (χ0) is 25.4. The maximum absolute atomic E-state index is 13.7. The molecule has 1 amide bonds. The number of aryl methyl sites for hydroxylation is 1. The van der Waals surface area contributed by atoms with Gasteiger partial charge in [-0.05, 0) is 80.5 Å². The quantitative estimate of drug-likeness (QED) is 0.407. The fourth-order valence-corrected chi connectivity index (χ4v) is 7.70. The first-order chi connectivity index (χ1) is 17.2. The van der Waals surface area contributed by atoms with Crippen LogP contribution in [0.5, 0.6) is 0 Å². The van der Waals surface area contributed by atoms with Crippen LogP contribution in [0.3, 0.4) is 0 Å². The number of sulfonamides is 1. The molecule has 0 spiro atoms. The van der Waals surface area contributed by atoms with Crippen molar-refractivity contribution in [2.24, 2.45) is 5.92 Å². The number of thiazole rings is 1. The molecular weight excluding hydrogens is 518 g/mol. The minimum atomic E-state index is -3.58. The van der Waals surface area contributed by atoms with Gasteiger partial charge in [-0.25, -0.2) is 13.4 Å². The van der Waals surface area contributed by atoms with Crippen LogP contribution in [-0.4, -0.2) is 56.0 Å². The Hall–Kier alpha value is -2.04. The molecule has 0 radical (unpaired) electrons. The van der Waals surface area contributed by atoms with Gasteiger partial charge in [0.15, 0.2) is 5.13 Å². The van der Waals surface area contributed by atoms with Crippen LogP contribution < -0.4 is 4.90 Å². The number of carbonyl (C=O) groups excluding carboxylic acids is 1. The SMILES string of the molecule is Cc1cc(Cl)cc2sc(N(CC3CCCO3)C(=O)c3ccc(S(=O)(=O)N4CCC(C)CC4)cc3)nc12. The van der Waals surface area contributed by atoms with Gasteiger partial charge in [0.05, 0.1) is 27.8 Å². The zero-order valence-electron chi connectivity index (χ0n) is 20.4. The summed E-state index contributed by atoms with van der Waals surface area (Å²) in [5.41, 5.74) is 2.18. The van der Waals surface area contributed by atoms with Gasteiger partial charge in [0, 0.05) is 30.3 Å². The smallest absolute Gasteiger partial charge is 0.260 e. The highest BCUT2D eigenvalue weighted by Gasteiger charge is 2.30. The van der Waals surface area contributed by atoms with Crippen molar-refractivity contribution in [1.29, 1.82) is 0 Å². The van der Waals surface area contributed by atoms with E-state index in [0.717, 1.165) is 41.5 Å². The first kappa shape index (κ1) is 25.6. The third kappa shape index (κ3) is 5.17. The number of hydrogen-bond acceptors (Lipinski definition) is 6. The molecule has 7 nitrogen and oxygen atoms in total. The summed E-state index contributed by atoms with van der Waals surface area (Å²) < 4.78 is 34.5. The van der Waals surface area contributed by atoms with E-state index in [1.165, 1.54) is 23.5 Å². The molecule has 0 aliphatic carbocycles. The summed E-state index contributed by atoms with van der Waals surface area (Å²) in [5, 5.41) is 1.21. The van der Waals surface area contributed by atoms with Crippen LogP contribution >= 0.6 is 22.9 Å². The fourth-order valence-electron chi connectivity index (χ4n) is 4.80. The number of amides is 1. The van der Waals surface area contributed by atoms with Gasteiger partial charge in [-0.15, -0.1) is 0 Å². The summed E-state index contributed by atoms with van der Waals surface area (Å²) in [7, 11) is -3.58. The number of ether oxygens (including phenoxy) is 1. The molecule has 2 aromatic carbocycles. The van der Waals surface area contributed by atoms with E-state index in [-0.39, 0.29) is 16.9 Å². The molecule has 5 rings (SSSR count). The first-order valence-electron chi connectivity index (χ1n) is 12.3. The van der Waals surface area contributed by atoms with Crippen molar-refractivity contribution in [2.45, 2.75) is 50.5 Å². The van der Waals surface area contributed by atoms with Crippen molar-refractivity contribution >= 4 is 54.2 Å². The van der Waals surface area contributed by atoms with Gasteiger partial charge in [-0.2, -0.15) is 4.31 Å². The molecule has 1 unspecified atom stereocenters. The van der Waals surface area contributed by atoms with Crippen molar-refractivity contribution in [2.75, 3.05) is 31.1 Å². The molecule has 2 aliphatic rings. The largest absolute Gasteiger partial charge is 0.376 e. The topological polar surface area (TPSA) is 79.8 Å². The number of piperidine rings is 1. The third-order valence-corrected chi connectivity index (χ3v) is 10.2. The predicted octanol–water partition coefficient (Wildman–Crippen LogP) is 5.50. The summed E-state index contributed by atoms with van der Waals surface area (Å²) >= 11 is 7.67. The molecule has 1 aromatic heterocycles. The van der Waals surface area contributed by atoms with Gasteiger partial charge >= 0.3 is 0 Å². The van der Waals surface area contributed by atoms with Crippen LogP contribution in [0.4, 0.5) is 5.13 Å². The maximum Gasteiger partial charge on any atom is 0.260 e. The predicted molar refractivity (Wildman–Crippen MR) is 144 cm³/mol. The zero-order valence-corrected chi connectivity index (χ0v) is 22.8. The van der Waals surface area contributed by atoms with Crippen LogP contribution in [0.15, 0.2) is 41.3 Å². The van der Waals surface area contributed by atoms with Crippen LogP contribution in [0.2, 0.25) is 5.02 Å². The van der Waals surface area contributed by atoms with E-state index in [2.05, 4.69) is 6.92 Å². The number of carbonyl (C=O) groups is 1. The van der Waals surface area contributed by atoms with Gasteiger partial charge in [-0.3, -0.25) is 9.69 Å². The molecule has 2 saturated heterocycles. The minimum Gasteiger partial charge on any atom is -0.376 e. The van der Waals surface area contributed by atoms with Crippen molar-refractivity contribution in [1.82, 2.24) is 9.29 Å². The van der Waals surface area contributed by atoms with Gasteiger partial charge in [-0.1, -0.05) is 29.9 Å². The molecule has 2 fully saturated rings. The molecule has 2 aliphatic heterocycles. The molecule has 192 valence electrons. The van der Waals surface area contributed by atoms with Crippen molar-refractivity contribution in [3.8, 4) is 0 Å². The van der Waals surface area contributed by atoms with Gasteiger partial charge in [0.25, 0.3) is 5.91 Å². The molecule has 36 heavy (non-hydrogen) atoms. The molecule has 0 saturated carbocycles. The number of hydrogen-bond donors (Lipinski definition) is 0. The minimum absolute atomic E-state index is 0.0632. The first-order valence-corrected chi connectivity index (χ1v) is 15.0. The highest BCUT2D eigenvalue weighted by Crippen LogP contribution is 2.34. The number of aromatic nitrogens is 1. The maximum atomic E-state index is 13.7. The van der Waals surface area contributed by atoms with E-state index >= 15 is 0 Å². The number of halogens is 1. The highest BCUT2D eigenvalue weighted by molar-refractivity contribution is 7.89. The lowest BCUT2D eigenvalue weighted by molar-refractivity contribution is 0.0917. The molecule has 1 atom stereocenters. The van der Waals surface area contributed by atoms with Crippen LogP contribution in [0.1, 0.15) is 48.5 Å². The second kappa shape index (κ2) is 10.4. The van der Waals surface area contributed by atoms with E-state index < -0.39 is 10.0 Å². The second-order valence-corrected chi connectivity index (χ2v) is 13.1.